The molecule has 2 N–H and O–H groups in total. The summed E-state index contributed by atoms with van der Waals surface area (Å²) in [5.74, 6) is 0.485. The van der Waals surface area contributed by atoms with Gasteiger partial charge in [-0.15, -0.1) is 0 Å². The first kappa shape index (κ1) is 10.5. The summed E-state index contributed by atoms with van der Waals surface area (Å²) in [5.41, 5.74) is 5.13. The molecule has 0 spiro atoms. The van der Waals surface area contributed by atoms with Gasteiger partial charge in [-0.05, 0) is 19.1 Å². The number of hydrogen-bond donors (Lipinski definition) is 1. The third-order valence-electron chi connectivity index (χ3n) is 1.54. The van der Waals surface area contributed by atoms with Crippen LogP contribution >= 0.6 is 0 Å². The summed E-state index contributed by atoms with van der Waals surface area (Å²) in [6.07, 6.45) is 0. The smallest absolute Gasteiger partial charge is 0.325 e. The van der Waals surface area contributed by atoms with Gasteiger partial charge in [-0.1, -0.05) is 12.1 Å². The van der Waals surface area contributed by atoms with E-state index in [0.717, 1.165) is 0 Å². The van der Waals surface area contributed by atoms with E-state index >= 15 is 0 Å². The van der Waals surface area contributed by atoms with E-state index in [1.54, 1.807) is 18.2 Å². The van der Waals surface area contributed by atoms with Crippen molar-refractivity contribution in [3.63, 3.8) is 0 Å². The van der Waals surface area contributed by atoms with E-state index in [1.807, 2.05) is 13.0 Å². The van der Waals surface area contributed by atoms with Crippen LogP contribution in [0.5, 0.6) is 11.5 Å². The highest BCUT2D eigenvalue weighted by Gasteiger charge is 2.07. The molecule has 0 fully saturated rings. The van der Waals surface area contributed by atoms with Crippen LogP contribution < -0.4 is 15.2 Å². The second-order valence-electron chi connectivity index (χ2n) is 2.56. The van der Waals surface area contributed by atoms with Crippen LogP contribution in [0.1, 0.15) is 6.92 Å². The number of nitrogens with two attached hydrogens (primary N) is 1. The molecule has 0 bridgehead atoms. The molecule has 4 heteroatoms. The van der Waals surface area contributed by atoms with Crippen LogP contribution in [0.3, 0.4) is 0 Å². The van der Waals surface area contributed by atoms with E-state index < -0.39 is 5.97 Å². The van der Waals surface area contributed by atoms with Crippen LogP contribution in [0, 0.1) is 0 Å². The minimum Gasteiger partial charge on any atom is -0.490 e. The predicted octanol–water partition coefficient (Wildman–Crippen LogP) is 0.949. The summed E-state index contributed by atoms with van der Waals surface area (Å²) in [6, 6.07) is 6.98. The molecule has 4 nitrogen and oxygen atoms in total. The molecule has 14 heavy (non-hydrogen) atoms. The molecule has 1 rings (SSSR count). The van der Waals surface area contributed by atoms with Gasteiger partial charge in [0.25, 0.3) is 0 Å². The zero-order chi connectivity index (χ0) is 10.4. The van der Waals surface area contributed by atoms with Crippen molar-refractivity contribution >= 4 is 5.97 Å². The number of hydrogen-bond acceptors (Lipinski definition) is 4. The van der Waals surface area contributed by atoms with Gasteiger partial charge in [0.2, 0.25) is 0 Å². The summed E-state index contributed by atoms with van der Waals surface area (Å²) in [6.45, 7) is 2.25. The van der Waals surface area contributed by atoms with E-state index in [4.69, 9.17) is 15.2 Å². The molecule has 0 amide bonds. The Bertz CT molecular complexity index is 312. The average Bonchev–Trinajstić information content (AvgIpc) is 2.21. The Morgan fingerprint density at radius 2 is 2.00 bits per heavy atom. The molecule has 0 aliphatic carbocycles. The Labute approximate surface area is 82.6 Å². The molecule has 0 saturated heterocycles. The Morgan fingerprint density at radius 3 is 2.57 bits per heavy atom. The van der Waals surface area contributed by atoms with Crippen molar-refractivity contribution < 1.29 is 14.3 Å². The third-order valence-corrected chi connectivity index (χ3v) is 1.54. The van der Waals surface area contributed by atoms with E-state index in [-0.39, 0.29) is 6.54 Å². The molecule has 76 valence electrons. The monoisotopic (exact) mass is 195 g/mol. The molecule has 0 heterocycles. The number of carbonyl (C=O) groups excluding carboxylic acids is 1. The highest BCUT2D eigenvalue weighted by atomic mass is 16.6. The van der Waals surface area contributed by atoms with Crippen molar-refractivity contribution in [1.82, 2.24) is 0 Å². The molecule has 1 aromatic carbocycles. The lowest BCUT2D eigenvalue weighted by Gasteiger charge is -2.08. The maximum atomic E-state index is 10.9. The molecular formula is C10H13NO3. The standard InChI is InChI=1S/C10H13NO3/c1-2-13-8-5-3-4-6-9(8)14-10(12)7-11/h3-6H,2,7,11H2,1H3. The normalized spacial score (nSPS) is 9.57. The zero-order valence-corrected chi connectivity index (χ0v) is 8.03. The van der Waals surface area contributed by atoms with Crippen LogP contribution in [0.15, 0.2) is 24.3 Å². The third kappa shape index (κ3) is 2.74. The van der Waals surface area contributed by atoms with Gasteiger partial charge in [-0.3, -0.25) is 4.79 Å². The quantitative estimate of drug-likeness (QED) is 0.574. The molecule has 0 aliphatic rings. The van der Waals surface area contributed by atoms with Crippen molar-refractivity contribution in [2.45, 2.75) is 6.92 Å². The number of esters is 1. The van der Waals surface area contributed by atoms with E-state index in [1.165, 1.54) is 0 Å². The molecular weight excluding hydrogens is 182 g/mol. The minimum atomic E-state index is -0.475. The summed E-state index contributed by atoms with van der Waals surface area (Å²) in [4.78, 5) is 10.9. The first-order valence-corrected chi connectivity index (χ1v) is 4.40. The highest BCUT2D eigenvalue weighted by molar-refractivity contribution is 5.74. The van der Waals surface area contributed by atoms with Gasteiger partial charge in [0.15, 0.2) is 11.5 Å². The molecule has 0 radical (unpaired) electrons. The van der Waals surface area contributed by atoms with Crippen molar-refractivity contribution in [2.24, 2.45) is 5.73 Å². The fourth-order valence-corrected chi connectivity index (χ4v) is 0.974. The predicted molar refractivity (Wildman–Crippen MR) is 52.3 cm³/mol. The SMILES string of the molecule is CCOc1ccccc1OC(=O)CN. The lowest BCUT2D eigenvalue weighted by molar-refractivity contribution is -0.132. The maximum Gasteiger partial charge on any atom is 0.325 e. The Hall–Kier alpha value is -1.55. The molecule has 0 saturated carbocycles. The average molecular weight is 195 g/mol. The summed E-state index contributed by atoms with van der Waals surface area (Å²) >= 11 is 0. The first-order valence-electron chi connectivity index (χ1n) is 4.40. The van der Waals surface area contributed by atoms with Gasteiger partial charge in [-0.2, -0.15) is 0 Å². The second kappa shape index (κ2) is 5.24. The van der Waals surface area contributed by atoms with Crippen molar-refractivity contribution in [2.75, 3.05) is 13.2 Å². The number of para-hydroxylation sites is 2. The largest absolute Gasteiger partial charge is 0.490 e. The number of carbonyl (C=O) groups is 1. The summed E-state index contributed by atoms with van der Waals surface area (Å²) in [7, 11) is 0. The lowest BCUT2D eigenvalue weighted by atomic mass is 10.3. The maximum absolute atomic E-state index is 10.9. The van der Waals surface area contributed by atoms with Gasteiger partial charge in [0, 0.05) is 0 Å². The highest BCUT2D eigenvalue weighted by Crippen LogP contribution is 2.26. The first-order chi connectivity index (χ1) is 6.77. The number of benzene rings is 1. The Morgan fingerprint density at radius 1 is 1.36 bits per heavy atom. The molecule has 0 aliphatic heterocycles. The van der Waals surface area contributed by atoms with Gasteiger partial charge in [-0.25, -0.2) is 0 Å². The Kier molecular flexibility index (Phi) is 3.94. The molecule has 0 aromatic heterocycles. The lowest BCUT2D eigenvalue weighted by Crippen LogP contribution is -2.19. The fraction of sp³-hybridized carbons (Fsp3) is 0.300. The van der Waals surface area contributed by atoms with E-state index in [2.05, 4.69) is 0 Å². The molecule has 0 unspecified atom stereocenters. The van der Waals surface area contributed by atoms with Gasteiger partial charge in [0.1, 0.15) is 0 Å². The van der Waals surface area contributed by atoms with Crippen LogP contribution in [0.2, 0.25) is 0 Å². The second-order valence-corrected chi connectivity index (χ2v) is 2.56. The van der Waals surface area contributed by atoms with Gasteiger partial charge < -0.3 is 15.2 Å². The van der Waals surface area contributed by atoms with Crippen LogP contribution in [0.4, 0.5) is 0 Å². The zero-order valence-electron chi connectivity index (χ0n) is 8.03. The van der Waals surface area contributed by atoms with E-state index in [9.17, 15) is 4.79 Å². The fourth-order valence-electron chi connectivity index (χ4n) is 0.974. The van der Waals surface area contributed by atoms with Gasteiger partial charge >= 0.3 is 5.97 Å². The summed E-state index contributed by atoms with van der Waals surface area (Å²) in [5, 5.41) is 0. The van der Waals surface area contributed by atoms with Crippen molar-refractivity contribution in [3.8, 4) is 11.5 Å². The van der Waals surface area contributed by atoms with E-state index in [0.29, 0.717) is 18.1 Å². The van der Waals surface area contributed by atoms with Crippen LogP contribution in [0.25, 0.3) is 0 Å². The van der Waals surface area contributed by atoms with Crippen LogP contribution in [-0.4, -0.2) is 19.1 Å². The minimum absolute atomic E-state index is 0.138. The van der Waals surface area contributed by atoms with Crippen molar-refractivity contribution in [3.05, 3.63) is 24.3 Å². The summed E-state index contributed by atoms with van der Waals surface area (Å²) < 4.78 is 10.2. The molecule has 0 atom stereocenters. The van der Waals surface area contributed by atoms with Crippen LogP contribution in [-0.2, 0) is 4.79 Å². The number of ether oxygens (including phenoxy) is 2. The molecule has 1 aromatic rings. The van der Waals surface area contributed by atoms with Crippen molar-refractivity contribution in [1.29, 1.82) is 0 Å². The topological polar surface area (TPSA) is 61.5 Å². The number of rotatable bonds is 4. The van der Waals surface area contributed by atoms with Gasteiger partial charge in [0.05, 0.1) is 13.2 Å². The Balaban J connectivity index is 2.78.